The van der Waals surface area contributed by atoms with Crippen LogP contribution in [0.1, 0.15) is 30.5 Å². The number of nitrogens with one attached hydrogen (secondary N) is 1. The molecule has 5 nitrogen and oxygen atoms in total. The van der Waals surface area contributed by atoms with Gasteiger partial charge in [-0.3, -0.25) is 15.0 Å². The molecule has 6 heteroatoms. The molecule has 0 fully saturated rings. The Kier molecular flexibility index (Phi) is 4.49. The number of carbonyl (C=O) groups excluding carboxylic acids is 2. The molecule has 20 heavy (non-hydrogen) atoms. The molecule has 0 saturated heterocycles. The SMILES string of the molecule is Cc1sc(C(=O)NN)cc1COc1cccc(C=O)c1. The smallest absolute Gasteiger partial charge is 0.275 e. The van der Waals surface area contributed by atoms with Crippen molar-refractivity contribution in [2.75, 3.05) is 0 Å². The van der Waals surface area contributed by atoms with Crippen LogP contribution in [0.25, 0.3) is 0 Å². The lowest BCUT2D eigenvalue weighted by atomic mass is 10.2. The lowest BCUT2D eigenvalue weighted by Crippen LogP contribution is -2.29. The van der Waals surface area contributed by atoms with Gasteiger partial charge in [-0.1, -0.05) is 12.1 Å². The first-order valence-corrected chi connectivity index (χ1v) is 6.74. The second-order valence-electron chi connectivity index (χ2n) is 4.14. The van der Waals surface area contributed by atoms with Gasteiger partial charge >= 0.3 is 0 Å². The summed E-state index contributed by atoms with van der Waals surface area (Å²) in [4.78, 5) is 23.7. The molecule has 0 unspecified atom stereocenters. The number of amides is 1. The second kappa shape index (κ2) is 6.31. The summed E-state index contributed by atoms with van der Waals surface area (Å²) in [5.74, 6) is 5.41. The highest BCUT2D eigenvalue weighted by molar-refractivity contribution is 7.14. The Bertz CT molecular complexity index is 637. The van der Waals surface area contributed by atoms with Crippen molar-refractivity contribution in [1.82, 2.24) is 5.43 Å². The minimum Gasteiger partial charge on any atom is -0.489 e. The summed E-state index contributed by atoms with van der Waals surface area (Å²) < 4.78 is 5.63. The highest BCUT2D eigenvalue weighted by atomic mass is 32.1. The maximum atomic E-state index is 11.4. The number of aldehydes is 1. The predicted molar refractivity (Wildman–Crippen MR) is 76.9 cm³/mol. The lowest BCUT2D eigenvalue weighted by Gasteiger charge is -2.05. The predicted octanol–water partition coefficient (Wildman–Crippen LogP) is 2.05. The van der Waals surface area contributed by atoms with E-state index in [-0.39, 0.29) is 5.91 Å². The molecule has 104 valence electrons. The first-order valence-electron chi connectivity index (χ1n) is 5.92. The van der Waals surface area contributed by atoms with Gasteiger partial charge in [0.2, 0.25) is 0 Å². The Hall–Kier alpha value is -2.18. The average Bonchev–Trinajstić information content (AvgIpc) is 2.85. The van der Waals surface area contributed by atoms with Gasteiger partial charge in [0.1, 0.15) is 18.6 Å². The van der Waals surface area contributed by atoms with E-state index in [2.05, 4.69) is 5.43 Å². The molecule has 0 aliphatic rings. The minimum absolute atomic E-state index is 0.313. The van der Waals surface area contributed by atoms with Gasteiger partial charge in [-0.25, -0.2) is 5.84 Å². The van der Waals surface area contributed by atoms with Crippen molar-refractivity contribution >= 4 is 23.5 Å². The van der Waals surface area contributed by atoms with E-state index >= 15 is 0 Å². The van der Waals surface area contributed by atoms with E-state index in [0.29, 0.717) is 22.8 Å². The molecule has 0 saturated carbocycles. The van der Waals surface area contributed by atoms with Crippen LogP contribution >= 0.6 is 11.3 Å². The van der Waals surface area contributed by atoms with Gasteiger partial charge in [-0.05, 0) is 25.1 Å². The van der Waals surface area contributed by atoms with Crippen molar-refractivity contribution < 1.29 is 14.3 Å². The molecule has 1 aromatic carbocycles. The van der Waals surface area contributed by atoms with E-state index in [1.807, 2.05) is 6.92 Å². The standard InChI is InChI=1S/C14H14N2O3S/c1-9-11(6-13(20-9)14(18)16-15)8-19-12-4-2-3-10(5-12)7-17/h2-7H,8,15H2,1H3,(H,16,18). The summed E-state index contributed by atoms with van der Waals surface area (Å²) in [7, 11) is 0. The topological polar surface area (TPSA) is 81.4 Å². The minimum atomic E-state index is -0.313. The number of hydrazine groups is 1. The maximum absolute atomic E-state index is 11.4. The van der Waals surface area contributed by atoms with Crippen molar-refractivity contribution in [3.05, 3.63) is 51.2 Å². The normalized spacial score (nSPS) is 10.1. The summed E-state index contributed by atoms with van der Waals surface area (Å²) in [6.45, 7) is 2.25. The molecule has 3 N–H and O–H groups in total. The number of benzene rings is 1. The van der Waals surface area contributed by atoms with Crippen LogP contribution in [0, 0.1) is 6.92 Å². The Morgan fingerprint density at radius 3 is 2.95 bits per heavy atom. The first-order chi connectivity index (χ1) is 9.63. The van der Waals surface area contributed by atoms with Crippen LogP contribution < -0.4 is 16.0 Å². The number of nitrogens with two attached hydrogens (primary N) is 1. The Morgan fingerprint density at radius 1 is 1.45 bits per heavy atom. The molecule has 0 atom stereocenters. The molecular weight excluding hydrogens is 276 g/mol. The van der Waals surface area contributed by atoms with E-state index in [0.717, 1.165) is 16.7 Å². The summed E-state index contributed by atoms with van der Waals surface area (Å²) in [5, 5.41) is 0. The van der Waals surface area contributed by atoms with E-state index in [4.69, 9.17) is 10.6 Å². The number of aryl methyl sites for hydroxylation is 1. The molecule has 1 amide bonds. The molecule has 0 bridgehead atoms. The molecule has 1 aromatic heterocycles. The molecule has 0 radical (unpaired) electrons. The lowest BCUT2D eigenvalue weighted by molar-refractivity contribution is 0.0957. The molecular formula is C14H14N2O3S. The number of carbonyl (C=O) groups is 2. The van der Waals surface area contributed by atoms with E-state index in [9.17, 15) is 9.59 Å². The summed E-state index contributed by atoms with van der Waals surface area (Å²) >= 11 is 1.36. The van der Waals surface area contributed by atoms with Gasteiger partial charge in [0.05, 0.1) is 4.88 Å². The van der Waals surface area contributed by atoms with Crippen LogP contribution in [0.5, 0.6) is 5.75 Å². The highest BCUT2D eigenvalue weighted by Gasteiger charge is 2.11. The van der Waals surface area contributed by atoms with Gasteiger partial charge in [0, 0.05) is 16.0 Å². The van der Waals surface area contributed by atoms with Gasteiger partial charge in [0.15, 0.2) is 0 Å². The number of ether oxygens (including phenoxy) is 1. The number of nitrogen functional groups attached to an aromatic ring is 1. The zero-order valence-electron chi connectivity index (χ0n) is 10.9. The quantitative estimate of drug-likeness (QED) is 0.382. The molecule has 0 aliphatic heterocycles. The zero-order valence-corrected chi connectivity index (χ0v) is 11.7. The average molecular weight is 290 g/mol. The van der Waals surface area contributed by atoms with Crippen molar-refractivity contribution in [3.8, 4) is 5.75 Å². The highest BCUT2D eigenvalue weighted by Crippen LogP contribution is 2.23. The van der Waals surface area contributed by atoms with Crippen LogP contribution in [0.15, 0.2) is 30.3 Å². The second-order valence-corrected chi connectivity index (χ2v) is 5.40. The van der Waals surface area contributed by atoms with Crippen LogP contribution in [0.4, 0.5) is 0 Å². The first kappa shape index (κ1) is 14.2. The summed E-state index contributed by atoms with van der Waals surface area (Å²) in [6, 6.07) is 8.67. The van der Waals surface area contributed by atoms with Gasteiger partial charge in [0.25, 0.3) is 5.91 Å². The van der Waals surface area contributed by atoms with E-state index in [1.165, 1.54) is 11.3 Å². The number of hydrogen-bond acceptors (Lipinski definition) is 5. The van der Waals surface area contributed by atoms with Crippen LogP contribution in [0.2, 0.25) is 0 Å². The largest absolute Gasteiger partial charge is 0.489 e. The third kappa shape index (κ3) is 3.23. The molecule has 1 heterocycles. The molecule has 0 aliphatic carbocycles. The maximum Gasteiger partial charge on any atom is 0.275 e. The van der Waals surface area contributed by atoms with Gasteiger partial charge in [-0.2, -0.15) is 0 Å². The Balaban J connectivity index is 2.08. The van der Waals surface area contributed by atoms with Crippen molar-refractivity contribution in [2.45, 2.75) is 13.5 Å². The van der Waals surface area contributed by atoms with E-state index in [1.54, 1.807) is 30.3 Å². The van der Waals surface area contributed by atoms with Crippen molar-refractivity contribution in [2.24, 2.45) is 5.84 Å². The molecule has 2 rings (SSSR count). The van der Waals surface area contributed by atoms with Crippen LogP contribution in [-0.4, -0.2) is 12.2 Å². The molecule has 0 spiro atoms. The van der Waals surface area contributed by atoms with Crippen LogP contribution in [-0.2, 0) is 6.61 Å². The van der Waals surface area contributed by atoms with E-state index < -0.39 is 0 Å². The Labute approximate surface area is 120 Å². The van der Waals surface area contributed by atoms with Crippen molar-refractivity contribution in [1.29, 1.82) is 0 Å². The summed E-state index contributed by atoms with van der Waals surface area (Å²) in [6.07, 6.45) is 0.770. The third-order valence-corrected chi connectivity index (χ3v) is 3.86. The molecule has 2 aromatic rings. The Morgan fingerprint density at radius 2 is 2.25 bits per heavy atom. The van der Waals surface area contributed by atoms with Gasteiger partial charge in [-0.15, -0.1) is 11.3 Å². The zero-order chi connectivity index (χ0) is 14.5. The summed E-state index contributed by atoms with van der Waals surface area (Å²) in [5.41, 5.74) is 3.59. The number of hydrogen-bond donors (Lipinski definition) is 2. The van der Waals surface area contributed by atoms with Gasteiger partial charge < -0.3 is 4.74 Å². The van der Waals surface area contributed by atoms with Crippen LogP contribution in [0.3, 0.4) is 0 Å². The number of thiophene rings is 1. The monoisotopic (exact) mass is 290 g/mol. The van der Waals surface area contributed by atoms with Crippen molar-refractivity contribution in [3.63, 3.8) is 0 Å². The fourth-order valence-electron chi connectivity index (χ4n) is 1.68. The fraction of sp³-hybridized carbons (Fsp3) is 0.143. The number of rotatable bonds is 5. The fourth-order valence-corrected chi connectivity index (χ4v) is 2.62. The third-order valence-electron chi connectivity index (χ3n) is 2.76.